The highest BCUT2D eigenvalue weighted by atomic mass is 32.1. The van der Waals surface area contributed by atoms with E-state index in [0.29, 0.717) is 5.11 Å². The van der Waals surface area contributed by atoms with Crippen molar-refractivity contribution in [3.05, 3.63) is 53.6 Å². The van der Waals surface area contributed by atoms with Gasteiger partial charge in [-0.15, -0.1) is 0 Å². The molecule has 1 saturated heterocycles. The molecule has 1 heterocycles. The number of morpholine rings is 1. The van der Waals surface area contributed by atoms with Gasteiger partial charge in [0.1, 0.15) is 0 Å². The van der Waals surface area contributed by atoms with Gasteiger partial charge in [-0.2, -0.15) is 0 Å². The summed E-state index contributed by atoms with van der Waals surface area (Å²) in [4.78, 5) is 2.33. The van der Waals surface area contributed by atoms with Gasteiger partial charge in [0.2, 0.25) is 0 Å². The van der Waals surface area contributed by atoms with Crippen molar-refractivity contribution in [2.24, 2.45) is 0 Å². The van der Waals surface area contributed by atoms with Crippen LogP contribution in [0, 0.1) is 13.8 Å². The lowest BCUT2D eigenvalue weighted by Gasteiger charge is -2.29. The molecule has 1 aliphatic heterocycles. The lowest BCUT2D eigenvalue weighted by Crippen LogP contribution is -2.36. The van der Waals surface area contributed by atoms with E-state index in [9.17, 15) is 0 Å². The smallest absolute Gasteiger partial charge is 0.175 e. The third kappa shape index (κ3) is 4.24. The molecule has 1 aliphatic rings. The van der Waals surface area contributed by atoms with E-state index in [1.54, 1.807) is 0 Å². The van der Waals surface area contributed by atoms with Crippen molar-refractivity contribution in [1.82, 2.24) is 0 Å². The zero-order valence-corrected chi connectivity index (χ0v) is 15.0. The van der Waals surface area contributed by atoms with Gasteiger partial charge in [0.05, 0.1) is 13.2 Å². The molecule has 5 heteroatoms. The number of rotatable bonds is 3. The minimum atomic E-state index is 0.600. The SMILES string of the molecule is Cc1ccc(C)c(NC(=S)Nc2ccc(N3CCOCC3)cc2)c1. The third-order valence-corrected chi connectivity index (χ3v) is 4.35. The predicted octanol–water partition coefficient (Wildman–Crippen LogP) is 3.95. The van der Waals surface area contributed by atoms with Crippen LogP contribution in [0.1, 0.15) is 11.1 Å². The number of thiocarbonyl (C=S) groups is 1. The molecule has 0 saturated carbocycles. The summed E-state index contributed by atoms with van der Waals surface area (Å²) in [5.41, 5.74) is 5.62. The average Bonchev–Trinajstić information content (AvgIpc) is 2.59. The quantitative estimate of drug-likeness (QED) is 0.827. The van der Waals surface area contributed by atoms with Crippen LogP contribution in [0.3, 0.4) is 0 Å². The molecule has 126 valence electrons. The third-order valence-electron chi connectivity index (χ3n) is 4.14. The first-order chi connectivity index (χ1) is 11.6. The largest absolute Gasteiger partial charge is 0.378 e. The van der Waals surface area contributed by atoms with Crippen LogP contribution in [0.2, 0.25) is 0 Å². The molecule has 0 spiro atoms. The van der Waals surface area contributed by atoms with Gasteiger partial charge in [0, 0.05) is 30.2 Å². The first kappa shape index (κ1) is 16.7. The Labute approximate surface area is 148 Å². The van der Waals surface area contributed by atoms with E-state index in [0.717, 1.165) is 37.7 Å². The van der Waals surface area contributed by atoms with E-state index < -0.39 is 0 Å². The van der Waals surface area contributed by atoms with Crippen molar-refractivity contribution in [1.29, 1.82) is 0 Å². The Morgan fingerprint density at radius 3 is 2.42 bits per heavy atom. The lowest BCUT2D eigenvalue weighted by molar-refractivity contribution is 0.122. The van der Waals surface area contributed by atoms with Gasteiger partial charge < -0.3 is 20.3 Å². The van der Waals surface area contributed by atoms with E-state index in [4.69, 9.17) is 17.0 Å². The average molecular weight is 341 g/mol. The summed E-state index contributed by atoms with van der Waals surface area (Å²) in [6.07, 6.45) is 0. The molecule has 0 atom stereocenters. The van der Waals surface area contributed by atoms with Gasteiger partial charge in [0.25, 0.3) is 0 Å². The highest BCUT2D eigenvalue weighted by Crippen LogP contribution is 2.20. The van der Waals surface area contributed by atoms with Crippen molar-refractivity contribution in [2.45, 2.75) is 13.8 Å². The highest BCUT2D eigenvalue weighted by molar-refractivity contribution is 7.80. The number of anilines is 3. The number of benzene rings is 2. The fraction of sp³-hybridized carbons (Fsp3) is 0.316. The van der Waals surface area contributed by atoms with Crippen molar-refractivity contribution >= 4 is 34.4 Å². The highest BCUT2D eigenvalue weighted by Gasteiger charge is 2.11. The van der Waals surface area contributed by atoms with Gasteiger partial charge in [-0.3, -0.25) is 0 Å². The number of nitrogens with zero attached hydrogens (tertiary/aromatic N) is 1. The van der Waals surface area contributed by atoms with Crippen LogP contribution < -0.4 is 15.5 Å². The monoisotopic (exact) mass is 341 g/mol. The Morgan fingerprint density at radius 2 is 1.71 bits per heavy atom. The second-order valence-corrected chi connectivity index (χ2v) is 6.45. The van der Waals surface area contributed by atoms with Crippen LogP contribution in [-0.4, -0.2) is 31.4 Å². The molecular formula is C19H23N3OS. The minimum absolute atomic E-state index is 0.600. The van der Waals surface area contributed by atoms with Crippen LogP contribution in [0.15, 0.2) is 42.5 Å². The van der Waals surface area contributed by atoms with E-state index >= 15 is 0 Å². The molecule has 0 radical (unpaired) electrons. The summed E-state index contributed by atoms with van der Waals surface area (Å²) in [5, 5.41) is 7.12. The Kier molecular flexibility index (Phi) is 5.33. The van der Waals surface area contributed by atoms with Crippen LogP contribution in [0.5, 0.6) is 0 Å². The molecular weight excluding hydrogens is 318 g/mol. The molecule has 0 aliphatic carbocycles. The van der Waals surface area contributed by atoms with E-state index in [2.05, 4.69) is 71.8 Å². The van der Waals surface area contributed by atoms with Gasteiger partial charge in [-0.25, -0.2) is 0 Å². The number of ether oxygens (including phenoxy) is 1. The molecule has 0 unspecified atom stereocenters. The Balaban J connectivity index is 1.61. The van der Waals surface area contributed by atoms with E-state index in [-0.39, 0.29) is 0 Å². The van der Waals surface area contributed by atoms with Crippen molar-refractivity contribution in [2.75, 3.05) is 41.8 Å². The van der Waals surface area contributed by atoms with Gasteiger partial charge >= 0.3 is 0 Å². The molecule has 4 nitrogen and oxygen atoms in total. The van der Waals surface area contributed by atoms with Gasteiger partial charge in [0.15, 0.2) is 5.11 Å². The summed E-state index contributed by atoms with van der Waals surface area (Å²) in [7, 11) is 0. The minimum Gasteiger partial charge on any atom is -0.378 e. The summed E-state index contributed by atoms with van der Waals surface area (Å²) < 4.78 is 5.39. The van der Waals surface area contributed by atoms with Crippen molar-refractivity contribution < 1.29 is 4.74 Å². The molecule has 0 aromatic heterocycles. The van der Waals surface area contributed by atoms with E-state index in [1.165, 1.54) is 16.8 Å². The Morgan fingerprint density at radius 1 is 1.00 bits per heavy atom. The van der Waals surface area contributed by atoms with Crippen LogP contribution in [0.4, 0.5) is 17.1 Å². The van der Waals surface area contributed by atoms with Crippen molar-refractivity contribution in [3.63, 3.8) is 0 Å². The Bertz CT molecular complexity index is 709. The van der Waals surface area contributed by atoms with Crippen LogP contribution >= 0.6 is 12.2 Å². The summed E-state index contributed by atoms with van der Waals surface area (Å²) in [6.45, 7) is 7.62. The molecule has 2 N–H and O–H groups in total. The summed E-state index contributed by atoms with van der Waals surface area (Å²) >= 11 is 5.43. The number of aryl methyl sites for hydroxylation is 2. The Hall–Kier alpha value is -2.11. The maximum atomic E-state index is 5.43. The zero-order chi connectivity index (χ0) is 16.9. The molecule has 0 amide bonds. The topological polar surface area (TPSA) is 36.5 Å². The molecule has 2 aromatic carbocycles. The molecule has 0 bridgehead atoms. The van der Waals surface area contributed by atoms with Gasteiger partial charge in [-0.05, 0) is 67.5 Å². The number of nitrogens with one attached hydrogen (secondary N) is 2. The molecule has 2 aromatic rings. The normalized spacial score (nSPS) is 14.3. The molecule has 3 rings (SSSR count). The number of hydrogen-bond donors (Lipinski definition) is 2. The number of hydrogen-bond acceptors (Lipinski definition) is 3. The zero-order valence-electron chi connectivity index (χ0n) is 14.1. The first-order valence-corrected chi connectivity index (χ1v) is 8.61. The maximum Gasteiger partial charge on any atom is 0.175 e. The molecule has 24 heavy (non-hydrogen) atoms. The van der Waals surface area contributed by atoms with Crippen LogP contribution in [0.25, 0.3) is 0 Å². The van der Waals surface area contributed by atoms with Gasteiger partial charge in [-0.1, -0.05) is 12.1 Å². The van der Waals surface area contributed by atoms with E-state index in [1.807, 2.05) is 0 Å². The predicted molar refractivity (Wildman–Crippen MR) is 105 cm³/mol. The standard InChI is InChI=1S/C19H23N3OS/c1-14-3-4-15(2)18(13-14)21-19(24)20-16-5-7-17(8-6-16)22-9-11-23-12-10-22/h3-8,13H,9-12H2,1-2H3,(H2,20,21,24). The molecule has 1 fully saturated rings. The summed E-state index contributed by atoms with van der Waals surface area (Å²) in [6, 6.07) is 14.6. The fourth-order valence-corrected chi connectivity index (χ4v) is 2.96. The maximum absolute atomic E-state index is 5.43. The van der Waals surface area contributed by atoms with Crippen molar-refractivity contribution in [3.8, 4) is 0 Å². The lowest BCUT2D eigenvalue weighted by atomic mass is 10.1. The van der Waals surface area contributed by atoms with Crippen LogP contribution in [-0.2, 0) is 4.74 Å². The second-order valence-electron chi connectivity index (χ2n) is 6.04. The summed E-state index contributed by atoms with van der Waals surface area (Å²) in [5.74, 6) is 0. The fourth-order valence-electron chi connectivity index (χ4n) is 2.73. The second kappa shape index (κ2) is 7.64. The first-order valence-electron chi connectivity index (χ1n) is 8.20.